The molecule has 100 valence electrons. The first-order chi connectivity index (χ1) is 8.05. The van der Waals surface area contributed by atoms with Crippen molar-refractivity contribution in [3.8, 4) is 0 Å². The molecular weight excluding hydrogens is 208 g/mol. The van der Waals surface area contributed by atoms with Gasteiger partial charge in [0, 0.05) is 12.1 Å². The van der Waals surface area contributed by atoms with Gasteiger partial charge in [-0.1, -0.05) is 26.2 Å². The van der Waals surface area contributed by atoms with E-state index in [1.165, 1.54) is 58.0 Å². The Balaban J connectivity index is 1.79. The highest BCUT2D eigenvalue weighted by molar-refractivity contribution is 4.92. The largest absolute Gasteiger partial charge is 0.324 e. The van der Waals surface area contributed by atoms with Crippen molar-refractivity contribution in [2.75, 3.05) is 19.6 Å². The van der Waals surface area contributed by atoms with Gasteiger partial charge in [0.15, 0.2) is 0 Å². The molecule has 2 heteroatoms. The molecule has 1 saturated carbocycles. The molecule has 0 radical (unpaired) electrons. The van der Waals surface area contributed by atoms with Crippen LogP contribution in [0.5, 0.6) is 0 Å². The number of nitrogens with two attached hydrogens (primary N) is 1. The molecule has 0 aromatic carbocycles. The quantitative estimate of drug-likeness (QED) is 0.815. The molecule has 2 N–H and O–H groups in total. The van der Waals surface area contributed by atoms with Crippen LogP contribution in [0.2, 0.25) is 0 Å². The predicted octanol–water partition coefficient (Wildman–Crippen LogP) is 3.16. The lowest BCUT2D eigenvalue weighted by molar-refractivity contribution is 0.0905. The van der Waals surface area contributed by atoms with E-state index in [9.17, 15) is 0 Å². The van der Waals surface area contributed by atoms with Crippen LogP contribution in [0.3, 0.4) is 0 Å². The molecule has 0 bridgehead atoms. The molecule has 0 aromatic heterocycles. The third-order valence-electron chi connectivity index (χ3n) is 4.99. The van der Waals surface area contributed by atoms with Crippen LogP contribution in [-0.2, 0) is 0 Å². The Morgan fingerprint density at radius 1 is 1.12 bits per heavy atom. The van der Waals surface area contributed by atoms with E-state index in [2.05, 4.69) is 18.7 Å². The monoisotopic (exact) mass is 238 g/mol. The van der Waals surface area contributed by atoms with Gasteiger partial charge >= 0.3 is 0 Å². The van der Waals surface area contributed by atoms with Gasteiger partial charge in [0.1, 0.15) is 0 Å². The van der Waals surface area contributed by atoms with Crippen LogP contribution >= 0.6 is 0 Å². The summed E-state index contributed by atoms with van der Waals surface area (Å²) in [5.74, 6) is 0. The summed E-state index contributed by atoms with van der Waals surface area (Å²) in [7, 11) is 0. The first-order valence-electron chi connectivity index (χ1n) is 7.57. The van der Waals surface area contributed by atoms with Gasteiger partial charge < -0.3 is 10.6 Å². The molecule has 0 amide bonds. The number of nitrogens with zero attached hydrogens (tertiary/aromatic N) is 1. The second-order valence-corrected chi connectivity index (χ2v) is 6.89. The number of rotatable bonds is 4. The Bertz CT molecular complexity index is 231. The van der Waals surface area contributed by atoms with Crippen molar-refractivity contribution in [2.24, 2.45) is 11.1 Å². The molecule has 1 aliphatic carbocycles. The molecule has 2 fully saturated rings. The maximum atomic E-state index is 6.36. The first kappa shape index (κ1) is 13.4. The second-order valence-electron chi connectivity index (χ2n) is 6.89. The molecule has 2 rings (SSSR count). The summed E-state index contributed by atoms with van der Waals surface area (Å²) in [6.45, 7) is 8.12. The predicted molar refractivity (Wildman–Crippen MR) is 74.1 cm³/mol. The lowest BCUT2D eigenvalue weighted by Crippen LogP contribution is -2.51. The lowest BCUT2D eigenvalue weighted by Gasteiger charge is -2.42. The molecule has 17 heavy (non-hydrogen) atoms. The number of piperidine rings is 1. The van der Waals surface area contributed by atoms with Crippen LogP contribution in [0.15, 0.2) is 0 Å². The lowest BCUT2D eigenvalue weighted by atomic mass is 9.77. The average molecular weight is 238 g/mol. The standard InChI is InChI=1S/C15H30N2/c1-3-6-14(2,16)13-17-11-9-15(10-12-17)7-4-5-8-15/h3-13,16H2,1-2H3. The SMILES string of the molecule is CCCC(C)(N)CN1CCC2(CCCC2)CC1. The third kappa shape index (κ3) is 3.45. The molecule has 1 atom stereocenters. The van der Waals surface area contributed by atoms with Crippen LogP contribution in [0.1, 0.15) is 65.2 Å². The molecular formula is C15H30N2. The smallest absolute Gasteiger partial charge is 0.0254 e. The number of hydrogen-bond donors (Lipinski definition) is 1. The molecule has 1 heterocycles. The minimum absolute atomic E-state index is 0.0227. The fraction of sp³-hybridized carbons (Fsp3) is 1.00. The van der Waals surface area contributed by atoms with Gasteiger partial charge in [0.25, 0.3) is 0 Å². The van der Waals surface area contributed by atoms with E-state index in [1.54, 1.807) is 0 Å². The summed E-state index contributed by atoms with van der Waals surface area (Å²) >= 11 is 0. The van der Waals surface area contributed by atoms with Crippen LogP contribution in [0.4, 0.5) is 0 Å². The first-order valence-corrected chi connectivity index (χ1v) is 7.57. The van der Waals surface area contributed by atoms with E-state index in [0.29, 0.717) is 0 Å². The fourth-order valence-corrected chi connectivity index (χ4v) is 3.97. The zero-order chi connectivity index (χ0) is 12.4. The normalized spacial score (nSPS) is 28.4. The highest BCUT2D eigenvalue weighted by Crippen LogP contribution is 2.46. The Labute approximate surface area is 107 Å². The maximum absolute atomic E-state index is 6.36. The molecule has 2 aliphatic rings. The van der Waals surface area contributed by atoms with Gasteiger partial charge in [-0.05, 0) is 57.5 Å². The van der Waals surface area contributed by atoms with Crippen LogP contribution in [0, 0.1) is 5.41 Å². The third-order valence-corrected chi connectivity index (χ3v) is 4.99. The number of likely N-dealkylation sites (tertiary alicyclic amines) is 1. The zero-order valence-electron chi connectivity index (χ0n) is 11.8. The average Bonchev–Trinajstić information content (AvgIpc) is 2.70. The van der Waals surface area contributed by atoms with Crippen LogP contribution < -0.4 is 5.73 Å². The second kappa shape index (κ2) is 5.27. The highest BCUT2D eigenvalue weighted by atomic mass is 15.2. The summed E-state index contributed by atoms with van der Waals surface area (Å²) in [5.41, 5.74) is 7.13. The van der Waals surface area contributed by atoms with E-state index >= 15 is 0 Å². The van der Waals surface area contributed by atoms with E-state index in [4.69, 9.17) is 5.73 Å². The van der Waals surface area contributed by atoms with Gasteiger partial charge in [0.2, 0.25) is 0 Å². The summed E-state index contributed by atoms with van der Waals surface area (Å²) < 4.78 is 0. The highest BCUT2D eigenvalue weighted by Gasteiger charge is 2.37. The zero-order valence-corrected chi connectivity index (χ0v) is 11.8. The molecule has 1 saturated heterocycles. The molecule has 2 nitrogen and oxygen atoms in total. The summed E-state index contributed by atoms with van der Waals surface area (Å²) in [5, 5.41) is 0. The van der Waals surface area contributed by atoms with Crippen LogP contribution in [0.25, 0.3) is 0 Å². The molecule has 1 spiro atoms. The topological polar surface area (TPSA) is 29.3 Å². The summed E-state index contributed by atoms with van der Waals surface area (Å²) in [4.78, 5) is 2.61. The maximum Gasteiger partial charge on any atom is 0.0254 e. The van der Waals surface area contributed by atoms with E-state index in [0.717, 1.165) is 18.4 Å². The fourth-order valence-electron chi connectivity index (χ4n) is 3.97. The van der Waals surface area contributed by atoms with Crippen molar-refractivity contribution in [3.63, 3.8) is 0 Å². The van der Waals surface area contributed by atoms with E-state index in [-0.39, 0.29) is 5.54 Å². The Morgan fingerprint density at radius 3 is 2.24 bits per heavy atom. The van der Waals surface area contributed by atoms with Crippen molar-refractivity contribution in [3.05, 3.63) is 0 Å². The van der Waals surface area contributed by atoms with Crippen molar-refractivity contribution >= 4 is 0 Å². The number of hydrogen-bond acceptors (Lipinski definition) is 2. The molecule has 1 aliphatic heterocycles. The van der Waals surface area contributed by atoms with Gasteiger partial charge in [-0.2, -0.15) is 0 Å². The minimum Gasteiger partial charge on any atom is -0.324 e. The minimum atomic E-state index is 0.0227. The van der Waals surface area contributed by atoms with Crippen LogP contribution in [-0.4, -0.2) is 30.1 Å². The van der Waals surface area contributed by atoms with Gasteiger partial charge in [-0.15, -0.1) is 0 Å². The molecule has 1 unspecified atom stereocenters. The van der Waals surface area contributed by atoms with Gasteiger partial charge in [0.05, 0.1) is 0 Å². The van der Waals surface area contributed by atoms with Gasteiger partial charge in [-0.3, -0.25) is 0 Å². The Morgan fingerprint density at radius 2 is 1.71 bits per heavy atom. The molecule has 0 aromatic rings. The Hall–Kier alpha value is -0.0800. The van der Waals surface area contributed by atoms with E-state index < -0.39 is 0 Å². The van der Waals surface area contributed by atoms with Crippen molar-refractivity contribution in [1.29, 1.82) is 0 Å². The van der Waals surface area contributed by atoms with Crippen molar-refractivity contribution < 1.29 is 0 Å². The summed E-state index contributed by atoms with van der Waals surface area (Å²) in [6.07, 6.45) is 11.1. The van der Waals surface area contributed by atoms with Crippen molar-refractivity contribution in [2.45, 2.75) is 70.8 Å². The Kier molecular flexibility index (Phi) is 4.14. The van der Waals surface area contributed by atoms with E-state index in [1.807, 2.05) is 0 Å². The van der Waals surface area contributed by atoms with Crippen molar-refractivity contribution in [1.82, 2.24) is 4.90 Å². The summed E-state index contributed by atoms with van der Waals surface area (Å²) in [6, 6.07) is 0. The van der Waals surface area contributed by atoms with Gasteiger partial charge in [-0.25, -0.2) is 0 Å².